The van der Waals surface area contributed by atoms with E-state index < -0.39 is 0 Å². The summed E-state index contributed by atoms with van der Waals surface area (Å²) in [6.45, 7) is 5.79. The number of methoxy groups -OCH3 is 1. The monoisotopic (exact) mass is 392 g/mol. The molecule has 28 heavy (non-hydrogen) atoms. The number of rotatable bonds is 4. The van der Waals surface area contributed by atoms with E-state index in [-0.39, 0.29) is 5.91 Å². The number of aryl methyl sites for hydroxylation is 3. The molecule has 2 heterocycles. The van der Waals surface area contributed by atoms with Crippen molar-refractivity contribution >= 4 is 33.3 Å². The van der Waals surface area contributed by atoms with Gasteiger partial charge in [0.05, 0.1) is 23.0 Å². The van der Waals surface area contributed by atoms with Crippen molar-refractivity contribution < 1.29 is 9.53 Å². The minimum atomic E-state index is -0.162. The predicted octanol–water partition coefficient (Wildman–Crippen LogP) is 4.67. The Morgan fingerprint density at radius 3 is 2.71 bits per heavy atom. The third kappa shape index (κ3) is 3.36. The number of hydrogen-bond donors (Lipinski definition) is 1. The fourth-order valence-corrected chi connectivity index (χ4v) is 3.92. The number of fused-ring (bicyclic) bond motifs is 1. The highest BCUT2D eigenvalue weighted by atomic mass is 32.1. The molecule has 1 amide bonds. The topological polar surface area (TPSA) is 69.0 Å². The van der Waals surface area contributed by atoms with Crippen LogP contribution in [-0.4, -0.2) is 27.8 Å². The van der Waals surface area contributed by atoms with Gasteiger partial charge in [-0.05, 0) is 44.5 Å². The van der Waals surface area contributed by atoms with E-state index in [1.54, 1.807) is 11.8 Å². The lowest BCUT2D eigenvalue weighted by atomic mass is 10.1. The zero-order valence-electron chi connectivity index (χ0n) is 16.1. The summed E-state index contributed by atoms with van der Waals surface area (Å²) in [6.07, 6.45) is 0. The van der Waals surface area contributed by atoms with E-state index in [9.17, 15) is 4.79 Å². The summed E-state index contributed by atoms with van der Waals surface area (Å²) in [6, 6.07) is 13.4. The van der Waals surface area contributed by atoms with Gasteiger partial charge < -0.3 is 10.1 Å². The second-order valence-corrected chi connectivity index (χ2v) is 7.69. The Morgan fingerprint density at radius 2 is 1.93 bits per heavy atom. The first-order valence-corrected chi connectivity index (χ1v) is 9.66. The summed E-state index contributed by atoms with van der Waals surface area (Å²) in [7, 11) is 1.63. The molecule has 4 rings (SSSR count). The maximum absolute atomic E-state index is 12.8. The first kappa shape index (κ1) is 18.2. The van der Waals surface area contributed by atoms with Gasteiger partial charge in [0.25, 0.3) is 5.91 Å². The summed E-state index contributed by atoms with van der Waals surface area (Å²) in [4.78, 5) is 17.5. The smallest absolute Gasteiger partial charge is 0.257 e. The molecule has 0 fully saturated rings. The average molecular weight is 392 g/mol. The second kappa shape index (κ2) is 7.09. The first-order chi connectivity index (χ1) is 13.4. The Labute approximate surface area is 166 Å². The number of hydrogen-bond acceptors (Lipinski definition) is 5. The molecule has 142 valence electrons. The van der Waals surface area contributed by atoms with Gasteiger partial charge in [0.15, 0.2) is 0 Å². The van der Waals surface area contributed by atoms with E-state index in [0.29, 0.717) is 16.5 Å². The molecule has 0 radical (unpaired) electrons. The van der Waals surface area contributed by atoms with Crippen molar-refractivity contribution in [3.8, 4) is 10.9 Å². The minimum Gasteiger partial charge on any atom is -0.497 e. The van der Waals surface area contributed by atoms with Crippen LogP contribution in [0.25, 0.3) is 15.3 Å². The lowest BCUT2D eigenvalue weighted by molar-refractivity contribution is 0.102. The Bertz CT molecular complexity index is 1190. The molecule has 0 aliphatic carbocycles. The van der Waals surface area contributed by atoms with E-state index >= 15 is 0 Å². The average Bonchev–Trinajstić information content (AvgIpc) is 3.25. The predicted molar refractivity (Wildman–Crippen MR) is 112 cm³/mol. The molecule has 4 aromatic rings. The van der Waals surface area contributed by atoms with Crippen molar-refractivity contribution in [3.63, 3.8) is 0 Å². The number of thiazole rings is 1. The van der Waals surface area contributed by atoms with Gasteiger partial charge in [-0.3, -0.25) is 4.79 Å². The number of carbonyl (C=O) groups excluding carboxylic acids is 1. The third-order valence-corrected chi connectivity index (χ3v) is 5.49. The molecular formula is C21H20N4O2S. The molecule has 2 aromatic heterocycles. The number of benzene rings is 2. The standard InChI is InChI=1S/C21H20N4O2S/c1-12-5-6-13(2)16(9-12)20(26)23-19-10-14(3)24-25(19)21-22-17-11-15(27-4)7-8-18(17)28-21/h5-11H,1-4H3,(H,23,26). The van der Waals surface area contributed by atoms with Crippen molar-refractivity contribution in [2.24, 2.45) is 0 Å². The van der Waals surface area contributed by atoms with Crippen LogP contribution in [0.2, 0.25) is 0 Å². The SMILES string of the molecule is COc1ccc2sc(-n3nc(C)cc3NC(=O)c3cc(C)ccc3C)nc2c1. The first-order valence-electron chi connectivity index (χ1n) is 8.85. The summed E-state index contributed by atoms with van der Waals surface area (Å²) in [5.41, 5.74) is 4.25. The molecule has 0 unspecified atom stereocenters. The molecule has 0 bridgehead atoms. The third-order valence-electron chi connectivity index (χ3n) is 4.48. The highest BCUT2D eigenvalue weighted by Gasteiger charge is 2.17. The molecule has 0 atom stereocenters. The van der Waals surface area contributed by atoms with Gasteiger partial charge in [-0.2, -0.15) is 9.78 Å². The molecule has 0 spiro atoms. The number of amides is 1. The Kier molecular flexibility index (Phi) is 4.60. The zero-order chi connectivity index (χ0) is 19.8. The van der Waals surface area contributed by atoms with Crippen LogP contribution in [0.3, 0.4) is 0 Å². The van der Waals surface area contributed by atoms with Crippen LogP contribution in [-0.2, 0) is 0 Å². The van der Waals surface area contributed by atoms with Gasteiger partial charge in [0.2, 0.25) is 5.13 Å². The molecule has 0 aliphatic rings. The van der Waals surface area contributed by atoms with Gasteiger partial charge in [0.1, 0.15) is 11.6 Å². The largest absolute Gasteiger partial charge is 0.497 e. The maximum Gasteiger partial charge on any atom is 0.257 e. The fraction of sp³-hybridized carbons (Fsp3) is 0.190. The number of carbonyl (C=O) groups is 1. The molecule has 0 saturated heterocycles. The Balaban J connectivity index is 1.71. The molecule has 1 N–H and O–H groups in total. The molecule has 2 aromatic carbocycles. The number of aromatic nitrogens is 3. The van der Waals surface area contributed by atoms with E-state index in [0.717, 1.165) is 32.8 Å². The summed E-state index contributed by atoms with van der Waals surface area (Å²) >= 11 is 1.51. The second-order valence-electron chi connectivity index (χ2n) is 6.69. The van der Waals surface area contributed by atoms with Crippen LogP contribution >= 0.6 is 11.3 Å². The van der Waals surface area contributed by atoms with Gasteiger partial charge in [0, 0.05) is 17.7 Å². The van der Waals surface area contributed by atoms with E-state index in [1.165, 1.54) is 11.3 Å². The molecule has 6 nitrogen and oxygen atoms in total. The quantitative estimate of drug-likeness (QED) is 0.548. The Hall–Kier alpha value is -3.19. The molecule has 0 saturated carbocycles. The fourth-order valence-electron chi connectivity index (χ4n) is 3.01. The Morgan fingerprint density at radius 1 is 1.11 bits per heavy atom. The normalized spacial score (nSPS) is 11.0. The number of nitrogens with one attached hydrogen (secondary N) is 1. The van der Waals surface area contributed by atoms with Crippen LogP contribution in [0, 0.1) is 20.8 Å². The number of nitrogens with zero attached hydrogens (tertiary/aromatic N) is 3. The molecular weight excluding hydrogens is 372 g/mol. The van der Waals surface area contributed by atoms with Gasteiger partial charge in [-0.1, -0.05) is 29.0 Å². The summed E-state index contributed by atoms with van der Waals surface area (Å²) in [5, 5.41) is 8.20. The summed E-state index contributed by atoms with van der Waals surface area (Å²) in [5.74, 6) is 1.18. The minimum absolute atomic E-state index is 0.162. The van der Waals surface area contributed by atoms with Crippen molar-refractivity contribution in [3.05, 3.63) is 64.8 Å². The van der Waals surface area contributed by atoms with Gasteiger partial charge >= 0.3 is 0 Å². The molecule has 7 heteroatoms. The zero-order valence-corrected chi connectivity index (χ0v) is 16.9. The van der Waals surface area contributed by atoms with Crippen LogP contribution < -0.4 is 10.1 Å². The van der Waals surface area contributed by atoms with Crippen molar-refractivity contribution in [1.29, 1.82) is 0 Å². The molecule has 0 aliphatic heterocycles. The van der Waals surface area contributed by atoms with Crippen molar-refractivity contribution in [2.75, 3.05) is 12.4 Å². The van der Waals surface area contributed by atoms with Crippen molar-refractivity contribution in [1.82, 2.24) is 14.8 Å². The van der Waals surface area contributed by atoms with E-state index in [1.807, 2.05) is 63.2 Å². The lowest BCUT2D eigenvalue weighted by Crippen LogP contribution is -2.16. The number of ether oxygens (including phenoxy) is 1. The van der Waals surface area contributed by atoms with Crippen LogP contribution in [0.15, 0.2) is 42.5 Å². The lowest BCUT2D eigenvalue weighted by Gasteiger charge is -2.09. The van der Waals surface area contributed by atoms with Gasteiger partial charge in [-0.15, -0.1) is 0 Å². The highest BCUT2D eigenvalue weighted by Crippen LogP contribution is 2.30. The number of anilines is 1. The van der Waals surface area contributed by atoms with Gasteiger partial charge in [-0.25, -0.2) is 4.98 Å². The highest BCUT2D eigenvalue weighted by molar-refractivity contribution is 7.20. The van der Waals surface area contributed by atoms with Crippen LogP contribution in [0.5, 0.6) is 5.75 Å². The maximum atomic E-state index is 12.8. The van der Waals surface area contributed by atoms with Crippen LogP contribution in [0.4, 0.5) is 5.82 Å². The van der Waals surface area contributed by atoms with Crippen molar-refractivity contribution in [2.45, 2.75) is 20.8 Å². The van der Waals surface area contributed by atoms with E-state index in [4.69, 9.17) is 4.74 Å². The summed E-state index contributed by atoms with van der Waals surface area (Å²) < 4.78 is 7.97. The van der Waals surface area contributed by atoms with Crippen LogP contribution in [0.1, 0.15) is 27.2 Å². The van der Waals surface area contributed by atoms with E-state index in [2.05, 4.69) is 15.4 Å².